The van der Waals surface area contributed by atoms with Crippen molar-refractivity contribution in [3.63, 3.8) is 0 Å². The van der Waals surface area contributed by atoms with E-state index < -0.39 is 0 Å². The standard InChI is InChI=1S/C12H15NOS2/c15-7-12-13-10(6-14-11(13)8-16-12)9-4-2-1-3-5-9/h1-5,10-12,15H,6-8H2/t10-,11-,12+/m1/s1. The van der Waals surface area contributed by atoms with Crippen LogP contribution in [0.3, 0.4) is 0 Å². The second-order valence-corrected chi connectivity index (χ2v) is 5.71. The van der Waals surface area contributed by atoms with Gasteiger partial charge in [0.25, 0.3) is 0 Å². The van der Waals surface area contributed by atoms with Crippen molar-refractivity contribution in [2.45, 2.75) is 17.6 Å². The van der Waals surface area contributed by atoms with Crippen LogP contribution >= 0.6 is 24.4 Å². The van der Waals surface area contributed by atoms with Crippen LogP contribution in [0.1, 0.15) is 11.6 Å². The molecule has 0 N–H and O–H groups in total. The van der Waals surface area contributed by atoms with Gasteiger partial charge in [0.2, 0.25) is 0 Å². The van der Waals surface area contributed by atoms with Crippen molar-refractivity contribution < 1.29 is 4.74 Å². The molecule has 16 heavy (non-hydrogen) atoms. The van der Waals surface area contributed by atoms with Crippen molar-refractivity contribution in [3.8, 4) is 0 Å². The first-order chi connectivity index (χ1) is 7.90. The minimum absolute atomic E-state index is 0.298. The predicted molar refractivity (Wildman–Crippen MR) is 70.9 cm³/mol. The van der Waals surface area contributed by atoms with Crippen LogP contribution in [-0.4, -0.2) is 34.6 Å². The average molecular weight is 253 g/mol. The lowest BCUT2D eigenvalue weighted by Crippen LogP contribution is -2.35. The second kappa shape index (κ2) is 4.61. The number of thioether (sulfide) groups is 1. The van der Waals surface area contributed by atoms with Gasteiger partial charge in [-0.25, -0.2) is 0 Å². The zero-order valence-corrected chi connectivity index (χ0v) is 10.7. The smallest absolute Gasteiger partial charge is 0.121 e. The summed E-state index contributed by atoms with van der Waals surface area (Å²) >= 11 is 6.39. The van der Waals surface area contributed by atoms with Crippen LogP contribution in [0.4, 0.5) is 0 Å². The van der Waals surface area contributed by atoms with Crippen LogP contribution in [0.25, 0.3) is 0 Å². The van der Waals surface area contributed by atoms with Crippen LogP contribution in [0, 0.1) is 0 Å². The third kappa shape index (κ3) is 1.78. The van der Waals surface area contributed by atoms with E-state index in [4.69, 9.17) is 4.74 Å². The zero-order chi connectivity index (χ0) is 11.0. The number of hydrogen-bond donors (Lipinski definition) is 1. The number of rotatable bonds is 2. The first-order valence-corrected chi connectivity index (χ1v) is 7.24. The third-order valence-corrected chi connectivity index (χ3v) is 5.11. The lowest BCUT2D eigenvalue weighted by molar-refractivity contribution is 0.0579. The third-order valence-electron chi connectivity index (χ3n) is 3.24. The molecule has 0 saturated carbocycles. The van der Waals surface area contributed by atoms with Crippen LogP contribution < -0.4 is 0 Å². The SMILES string of the molecule is SC[C@@H]1SC[C@H]2OC[C@H](c3ccccc3)N12. The van der Waals surface area contributed by atoms with Crippen molar-refractivity contribution in [1.82, 2.24) is 4.90 Å². The maximum Gasteiger partial charge on any atom is 0.121 e. The van der Waals surface area contributed by atoms with E-state index >= 15 is 0 Å². The van der Waals surface area contributed by atoms with E-state index in [2.05, 4.69) is 47.9 Å². The zero-order valence-electron chi connectivity index (χ0n) is 8.95. The van der Waals surface area contributed by atoms with Gasteiger partial charge in [0.15, 0.2) is 0 Å². The van der Waals surface area contributed by atoms with Crippen LogP contribution in [0.15, 0.2) is 30.3 Å². The lowest BCUT2D eigenvalue weighted by atomic mass is 10.1. The summed E-state index contributed by atoms with van der Waals surface area (Å²) in [4.78, 5) is 2.48. The first-order valence-electron chi connectivity index (χ1n) is 5.56. The molecule has 0 unspecified atom stereocenters. The molecule has 0 bridgehead atoms. The van der Waals surface area contributed by atoms with Crippen molar-refractivity contribution in [1.29, 1.82) is 0 Å². The van der Waals surface area contributed by atoms with Crippen LogP contribution in [0.2, 0.25) is 0 Å². The van der Waals surface area contributed by atoms with E-state index in [1.54, 1.807) is 0 Å². The summed E-state index contributed by atoms with van der Waals surface area (Å²) in [6, 6.07) is 11.1. The van der Waals surface area contributed by atoms with Crippen molar-refractivity contribution in [2.75, 3.05) is 18.1 Å². The van der Waals surface area contributed by atoms with Gasteiger partial charge in [-0.05, 0) is 5.56 Å². The summed E-state index contributed by atoms with van der Waals surface area (Å²) < 4.78 is 5.85. The molecule has 2 aliphatic rings. The Morgan fingerprint density at radius 2 is 2.19 bits per heavy atom. The summed E-state index contributed by atoms with van der Waals surface area (Å²) in [5.41, 5.74) is 1.36. The number of benzene rings is 1. The molecule has 0 spiro atoms. The molecule has 86 valence electrons. The Bertz CT molecular complexity index is 359. The molecule has 2 nitrogen and oxygen atoms in total. The number of thiol groups is 1. The molecule has 2 saturated heterocycles. The average Bonchev–Trinajstić information content (AvgIpc) is 2.90. The van der Waals surface area contributed by atoms with E-state index in [9.17, 15) is 0 Å². The Kier molecular flexibility index (Phi) is 3.16. The summed E-state index contributed by atoms with van der Waals surface area (Å²) in [5, 5.41) is 0.501. The highest BCUT2D eigenvalue weighted by atomic mass is 32.2. The maximum atomic E-state index is 5.85. The fourth-order valence-corrected chi connectivity index (χ4v) is 4.19. The molecule has 0 radical (unpaired) electrons. The first kappa shape index (κ1) is 11.0. The molecule has 4 heteroatoms. The largest absolute Gasteiger partial charge is 0.360 e. The van der Waals surface area contributed by atoms with E-state index in [1.165, 1.54) is 5.56 Å². The van der Waals surface area contributed by atoms with Gasteiger partial charge >= 0.3 is 0 Å². The Morgan fingerprint density at radius 1 is 1.38 bits per heavy atom. The molecular formula is C12H15NOS2. The van der Waals surface area contributed by atoms with Gasteiger partial charge in [0.1, 0.15) is 6.23 Å². The summed E-state index contributed by atoms with van der Waals surface area (Å²) in [5.74, 6) is 1.97. The van der Waals surface area contributed by atoms with Crippen LogP contribution in [0.5, 0.6) is 0 Å². The Hall–Kier alpha value is -0.160. The molecule has 3 atom stereocenters. The van der Waals surface area contributed by atoms with Gasteiger partial charge in [-0.2, -0.15) is 12.6 Å². The molecule has 2 fully saturated rings. The normalized spacial score (nSPS) is 34.2. The fraction of sp³-hybridized carbons (Fsp3) is 0.500. The minimum atomic E-state index is 0.298. The summed E-state index contributed by atoms with van der Waals surface area (Å²) in [7, 11) is 0. The number of ether oxygens (including phenoxy) is 1. The molecule has 3 rings (SSSR count). The van der Waals surface area contributed by atoms with E-state index in [0.717, 1.165) is 18.1 Å². The highest BCUT2D eigenvalue weighted by Crippen LogP contribution is 2.42. The van der Waals surface area contributed by atoms with Crippen LogP contribution in [-0.2, 0) is 4.74 Å². The van der Waals surface area contributed by atoms with Crippen molar-refractivity contribution in [3.05, 3.63) is 35.9 Å². The molecule has 2 heterocycles. The monoisotopic (exact) mass is 253 g/mol. The fourth-order valence-electron chi connectivity index (χ4n) is 2.47. The highest BCUT2D eigenvalue weighted by molar-refractivity contribution is 8.00. The Morgan fingerprint density at radius 3 is 2.94 bits per heavy atom. The number of fused-ring (bicyclic) bond motifs is 1. The van der Waals surface area contributed by atoms with Gasteiger partial charge in [-0.15, -0.1) is 11.8 Å². The highest BCUT2D eigenvalue weighted by Gasteiger charge is 2.44. The van der Waals surface area contributed by atoms with E-state index in [1.807, 2.05) is 11.8 Å². The minimum Gasteiger partial charge on any atom is -0.360 e. The van der Waals surface area contributed by atoms with Gasteiger partial charge < -0.3 is 4.74 Å². The van der Waals surface area contributed by atoms with Crippen molar-refractivity contribution >= 4 is 24.4 Å². The predicted octanol–water partition coefficient (Wildman–Crippen LogP) is 2.39. The molecule has 1 aromatic rings. The Balaban J connectivity index is 1.86. The number of hydrogen-bond acceptors (Lipinski definition) is 4. The molecule has 0 aliphatic carbocycles. The lowest BCUT2D eigenvalue weighted by Gasteiger charge is -2.26. The Labute approximate surface area is 106 Å². The molecular weight excluding hydrogens is 238 g/mol. The second-order valence-electron chi connectivity index (χ2n) is 4.13. The number of nitrogens with zero attached hydrogens (tertiary/aromatic N) is 1. The summed E-state index contributed by atoms with van der Waals surface area (Å²) in [6.45, 7) is 0.819. The molecule has 0 aromatic heterocycles. The topological polar surface area (TPSA) is 12.5 Å². The van der Waals surface area contributed by atoms with Crippen molar-refractivity contribution in [2.24, 2.45) is 0 Å². The molecule has 0 amide bonds. The van der Waals surface area contributed by atoms with Gasteiger partial charge in [0.05, 0.1) is 18.0 Å². The van der Waals surface area contributed by atoms with Gasteiger partial charge in [-0.3, -0.25) is 4.90 Å². The molecule has 2 aliphatic heterocycles. The summed E-state index contributed by atoms with van der Waals surface area (Å²) in [6.07, 6.45) is 0.298. The quantitative estimate of drug-likeness (QED) is 0.813. The van der Waals surface area contributed by atoms with Gasteiger partial charge in [0, 0.05) is 11.5 Å². The molecule has 1 aromatic carbocycles. The maximum absolute atomic E-state index is 5.85. The van der Waals surface area contributed by atoms with E-state index in [0.29, 0.717) is 17.6 Å². The van der Waals surface area contributed by atoms with E-state index in [-0.39, 0.29) is 0 Å². The van der Waals surface area contributed by atoms with Gasteiger partial charge in [-0.1, -0.05) is 30.3 Å².